The molecule has 35 heavy (non-hydrogen) atoms. The Morgan fingerprint density at radius 2 is 1.71 bits per heavy atom. The topological polar surface area (TPSA) is 91.0 Å². The fourth-order valence-corrected chi connectivity index (χ4v) is 4.75. The van der Waals surface area contributed by atoms with E-state index in [0.29, 0.717) is 43.4 Å². The highest BCUT2D eigenvalue weighted by atomic mass is 16.5. The van der Waals surface area contributed by atoms with Gasteiger partial charge in [-0.05, 0) is 54.9 Å². The first-order valence-electron chi connectivity index (χ1n) is 12.6. The van der Waals surface area contributed by atoms with Crippen LogP contribution in [0.3, 0.4) is 0 Å². The standard InChI is InChI=1S/C27H44N4O4/c1-18(2)24(29-26(34)28-21-9-11-22(35-8)12-10-21)25(33)30-13-14-31(20(4)17-30)23(32)15-19(3)16-27(5,6)7/h9-12,18-20,24H,13-17H2,1-8H3,(H2,28,29,34). The number of hydrogen-bond acceptors (Lipinski definition) is 4. The Morgan fingerprint density at radius 3 is 2.23 bits per heavy atom. The molecule has 8 heteroatoms. The van der Waals surface area contributed by atoms with E-state index in [9.17, 15) is 14.4 Å². The van der Waals surface area contributed by atoms with Crippen LogP contribution in [0, 0.1) is 17.3 Å². The van der Waals surface area contributed by atoms with Crippen LogP contribution in [0.4, 0.5) is 10.5 Å². The normalized spacial score (nSPS) is 18.1. The van der Waals surface area contributed by atoms with Crippen molar-refractivity contribution in [3.05, 3.63) is 24.3 Å². The van der Waals surface area contributed by atoms with Crippen LogP contribution in [0.25, 0.3) is 0 Å². The molecule has 3 unspecified atom stereocenters. The second kappa shape index (κ2) is 12.3. The average Bonchev–Trinajstić information content (AvgIpc) is 2.75. The molecule has 0 saturated carbocycles. The summed E-state index contributed by atoms with van der Waals surface area (Å²) in [5.41, 5.74) is 0.800. The van der Waals surface area contributed by atoms with Crippen LogP contribution in [0.1, 0.15) is 61.3 Å². The number of benzene rings is 1. The highest BCUT2D eigenvalue weighted by Gasteiger charge is 2.35. The molecule has 0 aliphatic carbocycles. The lowest BCUT2D eigenvalue weighted by Crippen LogP contribution is -2.60. The lowest BCUT2D eigenvalue weighted by atomic mass is 9.84. The number of nitrogens with one attached hydrogen (secondary N) is 2. The molecule has 1 saturated heterocycles. The number of nitrogens with zero attached hydrogens (tertiary/aromatic N) is 2. The van der Waals surface area contributed by atoms with Crippen molar-refractivity contribution in [2.45, 2.75) is 73.4 Å². The molecule has 1 heterocycles. The van der Waals surface area contributed by atoms with Crippen molar-refractivity contribution in [1.29, 1.82) is 0 Å². The van der Waals surface area contributed by atoms with Crippen LogP contribution in [-0.4, -0.2) is 66.5 Å². The van der Waals surface area contributed by atoms with Crippen molar-refractivity contribution in [1.82, 2.24) is 15.1 Å². The van der Waals surface area contributed by atoms with Crippen molar-refractivity contribution in [2.24, 2.45) is 17.3 Å². The lowest BCUT2D eigenvalue weighted by Gasteiger charge is -2.42. The minimum absolute atomic E-state index is 0.0667. The van der Waals surface area contributed by atoms with Gasteiger partial charge in [0.2, 0.25) is 11.8 Å². The zero-order chi connectivity index (χ0) is 26.3. The summed E-state index contributed by atoms with van der Waals surface area (Å²) < 4.78 is 5.13. The van der Waals surface area contributed by atoms with Crippen LogP contribution in [0.2, 0.25) is 0 Å². The Morgan fingerprint density at radius 1 is 1.09 bits per heavy atom. The summed E-state index contributed by atoms with van der Waals surface area (Å²) in [6, 6.07) is 5.84. The van der Waals surface area contributed by atoms with Crippen molar-refractivity contribution in [2.75, 3.05) is 32.1 Å². The molecular formula is C27H44N4O4. The minimum atomic E-state index is -0.658. The number of rotatable bonds is 8. The minimum Gasteiger partial charge on any atom is -0.497 e. The molecule has 3 atom stereocenters. The van der Waals surface area contributed by atoms with Crippen LogP contribution in [-0.2, 0) is 9.59 Å². The number of anilines is 1. The van der Waals surface area contributed by atoms with E-state index in [1.807, 2.05) is 25.7 Å². The molecule has 196 valence electrons. The van der Waals surface area contributed by atoms with Crippen LogP contribution < -0.4 is 15.4 Å². The van der Waals surface area contributed by atoms with Crippen LogP contribution in [0.15, 0.2) is 24.3 Å². The molecule has 2 rings (SSSR count). The third kappa shape index (κ3) is 8.75. The van der Waals surface area contributed by atoms with E-state index in [4.69, 9.17) is 4.74 Å². The molecule has 0 spiro atoms. The van der Waals surface area contributed by atoms with Crippen molar-refractivity contribution >= 4 is 23.5 Å². The molecule has 0 aromatic heterocycles. The van der Waals surface area contributed by atoms with Gasteiger partial charge in [-0.2, -0.15) is 0 Å². The molecule has 1 aliphatic rings. The number of amides is 4. The summed E-state index contributed by atoms with van der Waals surface area (Å²) >= 11 is 0. The predicted molar refractivity (Wildman–Crippen MR) is 139 cm³/mol. The Hall–Kier alpha value is -2.77. The summed E-state index contributed by atoms with van der Waals surface area (Å²) in [6.07, 6.45) is 1.52. The third-order valence-electron chi connectivity index (χ3n) is 6.31. The largest absolute Gasteiger partial charge is 0.497 e. The number of urea groups is 1. The smallest absolute Gasteiger partial charge is 0.319 e. The van der Waals surface area contributed by atoms with E-state index < -0.39 is 12.1 Å². The molecule has 1 aromatic carbocycles. The molecule has 0 radical (unpaired) electrons. The van der Waals surface area contributed by atoms with Gasteiger partial charge in [0.15, 0.2) is 0 Å². The SMILES string of the molecule is COc1ccc(NC(=O)NC(C(=O)N2CCN(C(=O)CC(C)CC(C)(C)C)C(C)C2)C(C)C)cc1. The lowest BCUT2D eigenvalue weighted by molar-refractivity contribution is -0.144. The Kier molecular flexibility index (Phi) is 9.98. The molecule has 0 bridgehead atoms. The number of ether oxygens (including phenoxy) is 1. The highest BCUT2D eigenvalue weighted by Crippen LogP contribution is 2.27. The summed E-state index contributed by atoms with van der Waals surface area (Å²) in [5, 5.41) is 5.61. The highest BCUT2D eigenvalue weighted by molar-refractivity contribution is 5.94. The second-order valence-corrected chi connectivity index (χ2v) is 11.3. The number of piperazine rings is 1. The number of methoxy groups -OCH3 is 1. The van der Waals surface area contributed by atoms with Gasteiger partial charge in [0.05, 0.1) is 7.11 Å². The molecule has 1 aliphatic heterocycles. The van der Waals surface area contributed by atoms with E-state index in [1.165, 1.54) is 0 Å². The van der Waals surface area contributed by atoms with Crippen molar-refractivity contribution < 1.29 is 19.1 Å². The number of carbonyl (C=O) groups is 3. The zero-order valence-electron chi connectivity index (χ0n) is 22.7. The molecule has 1 aromatic rings. The van der Waals surface area contributed by atoms with Gasteiger partial charge in [-0.25, -0.2) is 4.79 Å². The van der Waals surface area contributed by atoms with Gasteiger partial charge in [0.25, 0.3) is 0 Å². The maximum Gasteiger partial charge on any atom is 0.319 e. The monoisotopic (exact) mass is 488 g/mol. The van der Waals surface area contributed by atoms with Crippen molar-refractivity contribution in [3.63, 3.8) is 0 Å². The summed E-state index contributed by atoms with van der Waals surface area (Å²) in [7, 11) is 1.58. The van der Waals surface area contributed by atoms with Gasteiger partial charge in [-0.3, -0.25) is 9.59 Å². The van der Waals surface area contributed by atoms with E-state index in [0.717, 1.165) is 6.42 Å². The van der Waals surface area contributed by atoms with Gasteiger partial charge in [-0.1, -0.05) is 41.5 Å². The second-order valence-electron chi connectivity index (χ2n) is 11.3. The summed E-state index contributed by atoms with van der Waals surface area (Å²) in [4.78, 5) is 42.5. The third-order valence-corrected chi connectivity index (χ3v) is 6.31. The van der Waals surface area contributed by atoms with Gasteiger partial charge in [-0.15, -0.1) is 0 Å². The van der Waals surface area contributed by atoms with Crippen LogP contribution >= 0.6 is 0 Å². The Labute approximate surface area is 210 Å². The first-order valence-corrected chi connectivity index (χ1v) is 12.6. The van der Waals surface area contributed by atoms with Gasteiger partial charge in [0.1, 0.15) is 11.8 Å². The first-order chi connectivity index (χ1) is 16.3. The summed E-state index contributed by atoms with van der Waals surface area (Å²) in [5.74, 6) is 0.954. The van der Waals surface area contributed by atoms with E-state index in [1.54, 1.807) is 36.3 Å². The summed E-state index contributed by atoms with van der Waals surface area (Å²) in [6.45, 7) is 16.0. The maximum absolute atomic E-state index is 13.3. The average molecular weight is 489 g/mol. The fourth-order valence-electron chi connectivity index (χ4n) is 4.75. The fraction of sp³-hybridized carbons (Fsp3) is 0.667. The van der Waals surface area contributed by atoms with Gasteiger partial charge in [0, 0.05) is 37.8 Å². The van der Waals surface area contributed by atoms with E-state index in [-0.39, 0.29) is 29.2 Å². The molecule has 1 fully saturated rings. The Bertz CT molecular complexity index is 863. The molecule has 8 nitrogen and oxygen atoms in total. The van der Waals surface area contributed by atoms with E-state index >= 15 is 0 Å². The zero-order valence-corrected chi connectivity index (χ0v) is 22.7. The van der Waals surface area contributed by atoms with Crippen LogP contribution in [0.5, 0.6) is 5.75 Å². The number of hydrogen-bond donors (Lipinski definition) is 2. The maximum atomic E-state index is 13.3. The van der Waals surface area contributed by atoms with Gasteiger partial charge >= 0.3 is 6.03 Å². The van der Waals surface area contributed by atoms with Gasteiger partial charge < -0.3 is 25.2 Å². The molecule has 4 amide bonds. The number of carbonyl (C=O) groups excluding carboxylic acids is 3. The Balaban J connectivity index is 1.94. The van der Waals surface area contributed by atoms with E-state index in [2.05, 4.69) is 38.3 Å². The molecule has 2 N–H and O–H groups in total. The molecular weight excluding hydrogens is 444 g/mol. The quantitative estimate of drug-likeness (QED) is 0.569. The van der Waals surface area contributed by atoms with Crippen molar-refractivity contribution in [3.8, 4) is 5.75 Å². The predicted octanol–water partition coefficient (Wildman–Crippen LogP) is 4.36. The first kappa shape index (κ1) is 28.5.